The van der Waals surface area contributed by atoms with Gasteiger partial charge in [-0.2, -0.15) is 0 Å². The standard InChI is InChI=1S/C16H26N4/c1-4-10-16(14-8-6-5-7-9-14)13-18-15(17)20(16)12-11-19(2)3/h5-9H,4,10-13H2,1-3H3,(H2,17,18). The molecule has 1 aromatic carbocycles. The van der Waals surface area contributed by atoms with E-state index >= 15 is 0 Å². The van der Waals surface area contributed by atoms with Gasteiger partial charge in [0.15, 0.2) is 5.96 Å². The molecule has 1 aliphatic heterocycles. The molecule has 0 aromatic heterocycles. The molecule has 1 aliphatic rings. The molecular weight excluding hydrogens is 248 g/mol. The van der Waals surface area contributed by atoms with Gasteiger partial charge >= 0.3 is 0 Å². The smallest absolute Gasteiger partial charge is 0.192 e. The van der Waals surface area contributed by atoms with Crippen molar-refractivity contribution in [2.45, 2.75) is 25.3 Å². The summed E-state index contributed by atoms with van der Waals surface area (Å²) in [5, 5.41) is 0. The van der Waals surface area contributed by atoms with Gasteiger partial charge in [-0.3, -0.25) is 4.99 Å². The van der Waals surface area contributed by atoms with Crippen molar-refractivity contribution in [3.8, 4) is 0 Å². The maximum absolute atomic E-state index is 6.17. The maximum atomic E-state index is 6.17. The van der Waals surface area contributed by atoms with Crippen LogP contribution in [-0.4, -0.2) is 49.5 Å². The van der Waals surface area contributed by atoms with Gasteiger partial charge in [0.1, 0.15) is 0 Å². The van der Waals surface area contributed by atoms with Crippen LogP contribution in [0.25, 0.3) is 0 Å². The molecule has 1 atom stereocenters. The third-order valence-corrected chi connectivity index (χ3v) is 4.04. The summed E-state index contributed by atoms with van der Waals surface area (Å²) < 4.78 is 0. The second kappa shape index (κ2) is 6.27. The van der Waals surface area contributed by atoms with Crippen molar-refractivity contribution in [1.29, 1.82) is 0 Å². The molecule has 0 spiro atoms. The number of nitrogens with two attached hydrogens (primary N) is 1. The molecular formula is C16H26N4. The van der Waals surface area contributed by atoms with Crippen molar-refractivity contribution < 1.29 is 0 Å². The van der Waals surface area contributed by atoms with Gasteiger partial charge in [-0.15, -0.1) is 0 Å². The number of hydrogen-bond acceptors (Lipinski definition) is 4. The molecule has 2 N–H and O–H groups in total. The van der Waals surface area contributed by atoms with Crippen LogP contribution < -0.4 is 5.73 Å². The number of guanidine groups is 1. The van der Waals surface area contributed by atoms with Gasteiger partial charge in [0, 0.05) is 13.1 Å². The first-order valence-corrected chi connectivity index (χ1v) is 7.38. The molecule has 1 aromatic rings. The molecule has 0 amide bonds. The average Bonchev–Trinajstić information content (AvgIpc) is 2.76. The Bertz CT molecular complexity index is 455. The summed E-state index contributed by atoms with van der Waals surface area (Å²) in [6.07, 6.45) is 2.20. The Hall–Kier alpha value is -1.55. The molecule has 0 aliphatic carbocycles. The van der Waals surface area contributed by atoms with Gasteiger partial charge in [0.2, 0.25) is 0 Å². The number of hydrogen-bond donors (Lipinski definition) is 1. The van der Waals surface area contributed by atoms with Crippen molar-refractivity contribution in [2.24, 2.45) is 10.7 Å². The molecule has 0 saturated carbocycles. The number of benzene rings is 1. The summed E-state index contributed by atoms with van der Waals surface area (Å²) in [5.74, 6) is 0.684. The van der Waals surface area contributed by atoms with E-state index in [9.17, 15) is 0 Å². The Balaban J connectivity index is 2.31. The van der Waals surface area contributed by atoms with Crippen molar-refractivity contribution in [3.63, 3.8) is 0 Å². The van der Waals surface area contributed by atoms with Crippen LogP contribution in [0.5, 0.6) is 0 Å². The van der Waals surface area contributed by atoms with E-state index in [1.807, 2.05) is 0 Å². The molecule has 0 radical (unpaired) electrons. The summed E-state index contributed by atoms with van der Waals surface area (Å²) in [6.45, 7) is 4.89. The van der Waals surface area contributed by atoms with Crippen LogP contribution in [0.2, 0.25) is 0 Å². The van der Waals surface area contributed by atoms with Crippen molar-refractivity contribution >= 4 is 5.96 Å². The highest BCUT2D eigenvalue weighted by Crippen LogP contribution is 2.37. The van der Waals surface area contributed by atoms with E-state index in [0.29, 0.717) is 5.96 Å². The lowest BCUT2D eigenvalue weighted by molar-refractivity contribution is 0.171. The molecule has 2 rings (SSSR count). The van der Waals surface area contributed by atoms with Gasteiger partial charge in [-0.1, -0.05) is 43.7 Å². The predicted molar refractivity (Wildman–Crippen MR) is 84.8 cm³/mol. The van der Waals surface area contributed by atoms with Crippen LogP contribution in [0, 0.1) is 0 Å². The lowest BCUT2D eigenvalue weighted by Gasteiger charge is -2.40. The fourth-order valence-electron chi connectivity index (χ4n) is 3.00. The first-order chi connectivity index (χ1) is 9.60. The maximum Gasteiger partial charge on any atom is 0.192 e. The third-order valence-electron chi connectivity index (χ3n) is 4.04. The fourth-order valence-corrected chi connectivity index (χ4v) is 3.00. The zero-order valence-corrected chi connectivity index (χ0v) is 12.8. The van der Waals surface area contributed by atoms with Crippen molar-refractivity contribution in [1.82, 2.24) is 9.80 Å². The van der Waals surface area contributed by atoms with E-state index in [-0.39, 0.29) is 5.54 Å². The molecule has 4 nitrogen and oxygen atoms in total. The normalized spacial score (nSPS) is 22.4. The molecule has 110 valence electrons. The Morgan fingerprint density at radius 3 is 2.60 bits per heavy atom. The number of rotatable bonds is 6. The minimum absolute atomic E-state index is 0.0594. The average molecular weight is 274 g/mol. The van der Waals surface area contributed by atoms with Crippen LogP contribution in [-0.2, 0) is 5.54 Å². The lowest BCUT2D eigenvalue weighted by Crippen LogP contribution is -2.51. The zero-order chi connectivity index (χ0) is 14.6. The Labute approximate surface area is 122 Å². The summed E-state index contributed by atoms with van der Waals surface area (Å²) in [6, 6.07) is 10.7. The fraction of sp³-hybridized carbons (Fsp3) is 0.562. The largest absolute Gasteiger partial charge is 0.370 e. The van der Waals surface area contributed by atoms with Crippen LogP contribution in [0.15, 0.2) is 35.3 Å². The van der Waals surface area contributed by atoms with Gasteiger partial charge in [-0.25, -0.2) is 0 Å². The highest BCUT2D eigenvalue weighted by Gasteiger charge is 2.42. The van der Waals surface area contributed by atoms with Crippen LogP contribution >= 0.6 is 0 Å². The molecule has 0 fully saturated rings. The Morgan fingerprint density at radius 2 is 2.00 bits per heavy atom. The zero-order valence-electron chi connectivity index (χ0n) is 12.8. The Kier molecular flexibility index (Phi) is 4.65. The predicted octanol–water partition coefficient (Wildman–Crippen LogP) is 1.87. The molecule has 1 heterocycles. The highest BCUT2D eigenvalue weighted by molar-refractivity contribution is 5.81. The quantitative estimate of drug-likeness (QED) is 0.861. The second-order valence-electron chi connectivity index (χ2n) is 5.78. The monoisotopic (exact) mass is 274 g/mol. The van der Waals surface area contributed by atoms with E-state index in [1.165, 1.54) is 5.56 Å². The highest BCUT2D eigenvalue weighted by atomic mass is 15.4. The van der Waals surface area contributed by atoms with E-state index in [2.05, 4.69) is 66.1 Å². The molecule has 4 heteroatoms. The minimum atomic E-state index is -0.0594. The van der Waals surface area contributed by atoms with Crippen LogP contribution in [0.3, 0.4) is 0 Å². The van der Waals surface area contributed by atoms with Crippen molar-refractivity contribution in [2.75, 3.05) is 33.7 Å². The molecule has 20 heavy (non-hydrogen) atoms. The second-order valence-corrected chi connectivity index (χ2v) is 5.78. The summed E-state index contributed by atoms with van der Waals surface area (Å²) in [4.78, 5) is 9.03. The SMILES string of the molecule is CCCC1(c2ccccc2)CN=C(N)N1CCN(C)C. The van der Waals surface area contributed by atoms with Gasteiger partial charge in [0.25, 0.3) is 0 Å². The van der Waals surface area contributed by atoms with Gasteiger partial charge in [0.05, 0.1) is 12.1 Å². The topological polar surface area (TPSA) is 44.9 Å². The van der Waals surface area contributed by atoms with E-state index < -0.39 is 0 Å². The van der Waals surface area contributed by atoms with Gasteiger partial charge in [-0.05, 0) is 26.1 Å². The minimum Gasteiger partial charge on any atom is -0.370 e. The molecule has 0 bridgehead atoms. The number of aliphatic imine (C=N–C) groups is 1. The van der Waals surface area contributed by atoms with E-state index in [0.717, 1.165) is 32.5 Å². The van der Waals surface area contributed by atoms with Crippen LogP contribution in [0.4, 0.5) is 0 Å². The van der Waals surface area contributed by atoms with Crippen LogP contribution in [0.1, 0.15) is 25.3 Å². The first-order valence-electron chi connectivity index (χ1n) is 7.38. The first kappa shape index (κ1) is 14.9. The summed E-state index contributed by atoms with van der Waals surface area (Å²) in [7, 11) is 4.18. The summed E-state index contributed by atoms with van der Waals surface area (Å²) in [5.41, 5.74) is 7.43. The van der Waals surface area contributed by atoms with Crippen molar-refractivity contribution in [3.05, 3.63) is 35.9 Å². The van der Waals surface area contributed by atoms with E-state index in [4.69, 9.17) is 5.73 Å². The number of nitrogens with zero attached hydrogens (tertiary/aromatic N) is 3. The lowest BCUT2D eigenvalue weighted by atomic mass is 9.84. The summed E-state index contributed by atoms with van der Waals surface area (Å²) >= 11 is 0. The van der Waals surface area contributed by atoms with Gasteiger partial charge < -0.3 is 15.5 Å². The number of likely N-dealkylation sites (N-methyl/N-ethyl adjacent to an activating group) is 1. The Morgan fingerprint density at radius 1 is 1.30 bits per heavy atom. The molecule has 0 saturated heterocycles. The van der Waals surface area contributed by atoms with E-state index in [1.54, 1.807) is 0 Å². The molecule has 1 unspecified atom stereocenters. The third kappa shape index (κ3) is 2.80.